The van der Waals surface area contributed by atoms with Crippen LogP contribution in [0.3, 0.4) is 0 Å². The van der Waals surface area contributed by atoms with Crippen LogP contribution in [0, 0.1) is 17.0 Å². The van der Waals surface area contributed by atoms with Crippen molar-refractivity contribution in [3.8, 4) is 5.75 Å². The fraction of sp³-hybridized carbons (Fsp3) is 0.250. The maximum absolute atomic E-state index is 10.9. The fourth-order valence-corrected chi connectivity index (χ4v) is 2.11. The third kappa shape index (κ3) is 2.86. The van der Waals surface area contributed by atoms with Crippen LogP contribution >= 0.6 is 23.2 Å². The molecule has 0 spiro atoms. The average molecular weight is 316 g/mol. The maximum atomic E-state index is 10.9. The van der Waals surface area contributed by atoms with E-state index in [2.05, 4.69) is 5.10 Å². The first-order valence-electron chi connectivity index (χ1n) is 5.65. The Morgan fingerprint density at radius 2 is 2.15 bits per heavy atom. The highest BCUT2D eigenvalue weighted by molar-refractivity contribution is 6.31. The van der Waals surface area contributed by atoms with E-state index >= 15 is 0 Å². The van der Waals surface area contributed by atoms with Crippen LogP contribution in [0.15, 0.2) is 18.2 Å². The lowest BCUT2D eigenvalue weighted by atomic mass is 10.3. The van der Waals surface area contributed by atoms with Gasteiger partial charge in [0.1, 0.15) is 6.61 Å². The Bertz CT molecular complexity index is 670. The van der Waals surface area contributed by atoms with E-state index in [4.69, 9.17) is 27.9 Å². The van der Waals surface area contributed by atoms with Gasteiger partial charge in [-0.05, 0) is 13.0 Å². The summed E-state index contributed by atoms with van der Waals surface area (Å²) in [5.41, 5.74) is 1.16. The highest BCUT2D eigenvalue weighted by atomic mass is 35.5. The molecule has 0 aliphatic rings. The highest BCUT2D eigenvalue weighted by Gasteiger charge is 2.17. The van der Waals surface area contributed by atoms with E-state index < -0.39 is 4.92 Å². The van der Waals surface area contributed by atoms with Gasteiger partial charge in [-0.2, -0.15) is 5.10 Å². The molecule has 6 nitrogen and oxygen atoms in total. The number of aryl methyl sites for hydroxylation is 2. The molecule has 0 fully saturated rings. The molecule has 0 atom stereocenters. The first-order valence-corrected chi connectivity index (χ1v) is 6.40. The lowest BCUT2D eigenvalue weighted by Gasteiger charge is -2.08. The zero-order valence-corrected chi connectivity index (χ0v) is 12.3. The third-order valence-electron chi connectivity index (χ3n) is 2.74. The fourth-order valence-electron chi connectivity index (χ4n) is 1.74. The van der Waals surface area contributed by atoms with Crippen LogP contribution in [-0.4, -0.2) is 14.7 Å². The monoisotopic (exact) mass is 315 g/mol. The lowest BCUT2D eigenvalue weighted by molar-refractivity contribution is -0.385. The van der Waals surface area contributed by atoms with Gasteiger partial charge < -0.3 is 4.74 Å². The van der Waals surface area contributed by atoms with Crippen molar-refractivity contribution < 1.29 is 9.66 Å². The van der Waals surface area contributed by atoms with Crippen molar-refractivity contribution in [3.63, 3.8) is 0 Å². The Morgan fingerprint density at radius 3 is 2.70 bits per heavy atom. The molecule has 0 aliphatic heterocycles. The summed E-state index contributed by atoms with van der Waals surface area (Å²) in [6, 6.07) is 4.14. The van der Waals surface area contributed by atoms with Crippen LogP contribution in [0.2, 0.25) is 10.0 Å². The van der Waals surface area contributed by atoms with E-state index in [1.165, 1.54) is 18.2 Å². The molecule has 2 rings (SSSR count). The Kier molecular flexibility index (Phi) is 4.15. The molecule has 106 valence electrons. The van der Waals surface area contributed by atoms with Gasteiger partial charge in [0.25, 0.3) is 0 Å². The van der Waals surface area contributed by atoms with Gasteiger partial charge in [0.15, 0.2) is 5.75 Å². The van der Waals surface area contributed by atoms with Gasteiger partial charge in [-0.3, -0.25) is 14.8 Å². The molecule has 0 radical (unpaired) electrons. The zero-order chi connectivity index (χ0) is 14.9. The summed E-state index contributed by atoms with van der Waals surface area (Å²) in [7, 11) is 1.73. The maximum Gasteiger partial charge on any atom is 0.311 e. The van der Waals surface area contributed by atoms with Crippen LogP contribution in [-0.2, 0) is 13.7 Å². The number of aromatic nitrogens is 2. The molecule has 8 heteroatoms. The topological polar surface area (TPSA) is 70.2 Å². The molecule has 1 aromatic carbocycles. The molecule has 0 bridgehead atoms. The second-order valence-electron chi connectivity index (χ2n) is 4.13. The Labute approximate surface area is 125 Å². The number of nitrogens with zero attached hydrogens (tertiary/aromatic N) is 3. The number of hydrogen-bond donors (Lipinski definition) is 0. The normalized spacial score (nSPS) is 10.6. The van der Waals surface area contributed by atoms with Crippen molar-refractivity contribution in [2.75, 3.05) is 0 Å². The first-order chi connectivity index (χ1) is 9.40. The van der Waals surface area contributed by atoms with Gasteiger partial charge in [0.2, 0.25) is 0 Å². The minimum atomic E-state index is -0.526. The van der Waals surface area contributed by atoms with E-state index in [0.29, 0.717) is 21.4 Å². The number of nitro groups is 1. The van der Waals surface area contributed by atoms with Crippen LogP contribution in [0.5, 0.6) is 5.75 Å². The summed E-state index contributed by atoms with van der Waals surface area (Å²) in [4.78, 5) is 10.4. The minimum Gasteiger partial charge on any atom is -0.480 e. The van der Waals surface area contributed by atoms with Gasteiger partial charge in [-0.1, -0.05) is 23.2 Å². The lowest BCUT2D eigenvalue weighted by Crippen LogP contribution is -2.05. The van der Waals surface area contributed by atoms with Crippen molar-refractivity contribution in [1.82, 2.24) is 9.78 Å². The number of hydrogen-bond acceptors (Lipinski definition) is 4. The molecule has 0 saturated heterocycles. The van der Waals surface area contributed by atoms with E-state index in [-0.39, 0.29) is 18.0 Å². The summed E-state index contributed by atoms with van der Waals surface area (Å²) >= 11 is 11.9. The summed E-state index contributed by atoms with van der Waals surface area (Å²) in [5.74, 6) is 0.0948. The average Bonchev–Trinajstić information content (AvgIpc) is 2.61. The van der Waals surface area contributed by atoms with Gasteiger partial charge in [-0.25, -0.2) is 0 Å². The summed E-state index contributed by atoms with van der Waals surface area (Å²) in [5, 5.41) is 15.9. The van der Waals surface area contributed by atoms with Crippen molar-refractivity contribution >= 4 is 28.9 Å². The highest BCUT2D eigenvalue weighted by Crippen LogP contribution is 2.31. The van der Waals surface area contributed by atoms with E-state index in [1.54, 1.807) is 18.7 Å². The number of nitro benzene ring substituents is 1. The number of ether oxygens (including phenoxy) is 1. The van der Waals surface area contributed by atoms with Gasteiger partial charge >= 0.3 is 5.69 Å². The molecule has 0 N–H and O–H groups in total. The van der Waals surface area contributed by atoms with Crippen LogP contribution in [0.1, 0.15) is 11.4 Å². The molecule has 0 unspecified atom stereocenters. The van der Waals surface area contributed by atoms with Crippen molar-refractivity contribution in [2.24, 2.45) is 7.05 Å². The molecule has 20 heavy (non-hydrogen) atoms. The molecule has 0 amide bonds. The molecule has 2 aromatic rings. The minimum absolute atomic E-state index is 0.0668. The number of rotatable bonds is 4. The standard InChI is InChI=1S/C12H11Cl2N3O3/c1-7-12(14)10(16(2)15-7)6-20-11-5-8(13)3-4-9(11)17(18)19/h3-5H,6H2,1-2H3. The second kappa shape index (κ2) is 5.68. The SMILES string of the molecule is Cc1nn(C)c(COc2cc(Cl)ccc2[N+](=O)[O-])c1Cl. The smallest absolute Gasteiger partial charge is 0.311 e. The predicted octanol–water partition coefficient (Wildman–Crippen LogP) is 3.52. The van der Waals surface area contributed by atoms with Crippen molar-refractivity contribution in [2.45, 2.75) is 13.5 Å². The molecular weight excluding hydrogens is 305 g/mol. The van der Waals surface area contributed by atoms with Crippen LogP contribution in [0.4, 0.5) is 5.69 Å². The van der Waals surface area contributed by atoms with Crippen LogP contribution < -0.4 is 4.74 Å². The van der Waals surface area contributed by atoms with Gasteiger partial charge in [-0.15, -0.1) is 0 Å². The zero-order valence-electron chi connectivity index (χ0n) is 10.8. The Hall–Kier alpha value is -1.79. The predicted molar refractivity (Wildman–Crippen MR) is 75.4 cm³/mol. The first kappa shape index (κ1) is 14.6. The molecule has 1 aromatic heterocycles. The molecule has 0 aliphatic carbocycles. The summed E-state index contributed by atoms with van der Waals surface area (Å²) < 4.78 is 7.05. The second-order valence-corrected chi connectivity index (χ2v) is 4.94. The van der Waals surface area contributed by atoms with E-state index in [0.717, 1.165) is 0 Å². The Morgan fingerprint density at radius 1 is 1.45 bits per heavy atom. The summed E-state index contributed by atoms with van der Waals surface area (Å²) in [6.07, 6.45) is 0. The Balaban J connectivity index is 2.27. The number of benzene rings is 1. The van der Waals surface area contributed by atoms with E-state index in [1.807, 2.05) is 0 Å². The summed E-state index contributed by atoms with van der Waals surface area (Å²) in [6.45, 7) is 1.84. The van der Waals surface area contributed by atoms with Gasteiger partial charge in [0.05, 0.1) is 21.3 Å². The molecular formula is C12H11Cl2N3O3. The largest absolute Gasteiger partial charge is 0.480 e. The van der Waals surface area contributed by atoms with Crippen molar-refractivity contribution in [1.29, 1.82) is 0 Å². The van der Waals surface area contributed by atoms with Crippen molar-refractivity contribution in [3.05, 3.63) is 49.7 Å². The quantitative estimate of drug-likeness (QED) is 0.639. The van der Waals surface area contributed by atoms with Gasteiger partial charge in [0, 0.05) is 24.2 Å². The third-order valence-corrected chi connectivity index (χ3v) is 3.47. The van der Waals surface area contributed by atoms with Crippen LogP contribution in [0.25, 0.3) is 0 Å². The molecule has 1 heterocycles. The molecule has 0 saturated carbocycles. The number of halogens is 2. The van der Waals surface area contributed by atoms with E-state index in [9.17, 15) is 10.1 Å².